The summed E-state index contributed by atoms with van der Waals surface area (Å²) >= 11 is 0. The molecule has 0 heteroatoms. The van der Waals surface area contributed by atoms with Gasteiger partial charge >= 0.3 is 0 Å². The summed E-state index contributed by atoms with van der Waals surface area (Å²) in [6, 6.07) is 0. The smallest absolute Gasteiger partial charge is 0.0322 e. The van der Waals surface area contributed by atoms with Gasteiger partial charge in [0, 0.05) is 0 Å². The van der Waals surface area contributed by atoms with Crippen LogP contribution in [0.15, 0.2) is 12.7 Å². The Bertz CT molecular complexity index is 92.2. The summed E-state index contributed by atoms with van der Waals surface area (Å²) in [5.41, 5.74) is 0. The Labute approximate surface area is 79.1 Å². The second-order valence-corrected chi connectivity index (χ2v) is 3.67. The van der Waals surface area contributed by atoms with Crippen molar-refractivity contribution < 1.29 is 0 Å². The topological polar surface area (TPSA) is 0 Å². The molecule has 0 unspecified atom stereocenters. The van der Waals surface area contributed by atoms with E-state index < -0.39 is 0 Å². The first-order valence-corrected chi connectivity index (χ1v) is 4.83. The Hall–Kier alpha value is -0.260. The van der Waals surface area contributed by atoms with Crippen LogP contribution in [0.5, 0.6) is 0 Å². The van der Waals surface area contributed by atoms with Gasteiger partial charge in [-0.1, -0.05) is 47.1 Å². The molecule has 0 rings (SSSR count). The second-order valence-electron chi connectivity index (χ2n) is 3.67. The van der Waals surface area contributed by atoms with E-state index in [0.29, 0.717) is 0 Å². The SMILES string of the molecule is C.C=CC[C@H](CCCC)C(C)C. The van der Waals surface area contributed by atoms with Crippen LogP contribution >= 0.6 is 0 Å². The fourth-order valence-corrected chi connectivity index (χ4v) is 1.40. The molecule has 0 saturated carbocycles. The third-order valence-electron chi connectivity index (χ3n) is 2.34. The molecule has 0 amide bonds. The van der Waals surface area contributed by atoms with Gasteiger partial charge in [0.05, 0.1) is 0 Å². The quantitative estimate of drug-likeness (QED) is 0.508. The van der Waals surface area contributed by atoms with Crippen molar-refractivity contribution in [1.29, 1.82) is 0 Å². The van der Waals surface area contributed by atoms with Gasteiger partial charge in [-0.2, -0.15) is 0 Å². The monoisotopic (exact) mass is 170 g/mol. The molecule has 0 aromatic rings. The summed E-state index contributed by atoms with van der Waals surface area (Å²) in [6.07, 6.45) is 7.31. The highest BCUT2D eigenvalue weighted by Gasteiger charge is 2.09. The summed E-state index contributed by atoms with van der Waals surface area (Å²) < 4.78 is 0. The summed E-state index contributed by atoms with van der Waals surface area (Å²) in [4.78, 5) is 0. The number of unbranched alkanes of at least 4 members (excludes halogenated alkanes) is 1. The van der Waals surface area contributed by atoms with E-state index in [4.69, 9.17) is 0 Å². The van der Waals surface area contributed by atoms with Crippen LogP contribution in [0.25, 0.3) is 0 Å². The molecular weight excluding hydrogens is 144 g/mol. The first kappa shape index (κ1) is 14.3. The van der Waals surface area contributed by atoms with Crippen molar-refractivity contribution in [3.8, 4) is 0 Å². The molecule has 0 saturated heterocycles. The second kappa shape index (κ2) is 8.83. The van der Waals surface area contributed by atoms with E-state index in [-0.39, 0.29) is 7.43 Å². The van der Waals surface area contributed by atoms with Crippen LogP contribution in [0.2, 0.25) is 0 Å². The van der Waals surface area contributed by atoms with Gasteiger partial charge < -0.3 is 0 Å². The van der Waals surface area contributed by atoms with E-state index in [2.05, 4.69) is 33.4 Å². The lowest BCUT2D eigenvalue weighted by atomic mass is 9.88. The highest BCUT2D eigenvalue weighted by atomic mass is 14.1. The zero-order chi connectivity index (χ0) is 8.69. The fraction of sp³-hybridized carbons (Fsp3) is 0.833. The van der Waals surface area contributed by atoms with E-state index in [1.807, 2.05) is 0 Å². The minimum absolute atomic E-state index is 0. The molecule has 0 fully saturated rings. The number of hydrogen-bond donors (Lipinski definition) is 0. The lowest BCUT2D eigenvalue weighted by Gasteiger charge is -2.18. The Kier molecular flexibility index (Phi) is 10.5. The van der Waals surface area contributed by atoms with Crippen LogP contribution in [0, 0.1) is 11.8 Å². The van der Waals surface area contributed by atoms with Crippen molar-refractivity contribution in [3.63, 3.8) is 0 Å². The van der Waals surface area contributed by atoms with Gasteiger partial charge in [0.15, 0.2) is 0 Å². The summed E-state index contributed by atoms with van der Waals surface area (Å²) in [6.45, 7) is 10.7. The molecule has 0 spiro atoms. The van der Waals surface area contributed by atoms with Crippen molar-refractivity contribution in [2.24, 2.45) is 11.8 Å². The van der Waals surface area contributed by atoms with E-state index in [0.717, 1.165) is 11.8 Å². The standard InChI is InChI=1S/C11H22.CH4/c1-5-7-9-11(8-6-2)10(3)4;/h6,10-11H,2,5,7-9H2,1,3-4H3;1H4/t11-;/m1./s1. The maximum atomic E-state index is 3.79. The van der Waals surface area contributed by atoms with Crippen molar-refractivity contribution in [3.05, 3.63) is 12.7 Å². The van der Waals surface area contributed by atoms with Gasteiger partial charge in [0.2, 0.25) is 0 Å². The van der Waals surface area contributed by atoms with Crippen LogP contribution in [-0.2, 0) is 0 Å². The van der Waals surface area contributed by atoms with Crippen molar-refractivity contribution in [2.45, 2.75) is 53.9 Å². The molecule has 0 nitrogen and oxygen atoms in total. The minimum atomic E-state index is 0. The van der Waals surface area contributed by atoms with Crippen LogP contribution in [-0.4, -0.2) is 0 Å². The summed E-state index contributed by atoms with van der Waals surface area (Å²) in [5, 5.41) is 0. The molecule has 0 aromatic heterocycles. The van der Waals surface area contributed by atoms with E-state index in [9.17, 15) is 0 Å². The first-order valence-electron chi connectivity index (χ1n) is 4.83. The van der Waals surface area contributed by atoms with Crippen LogP contribution in [0.3, 0.4) is 0 Å². The average molecular weight is 170 g/mol. The zero-order valence-electron chi connectivity index (χ0n) is 8.27. The highest BCUT2D eigenvalue weighted by molar-refractivity contribution is 4.74. The molecule has 1 atom stereocenters. The molecule has 0 aliphatic rings. The van der Waals surface area contributed by atoms with Gasteiger partial charge in [-0.15, -0.1) is 6.58 Å². The lowest BCUT2D eigenvalue weighted by Crippen LogP contribution is -2.07. The van der Waals surface area contributed by atoms with Gasteiger partial charge in [0.1, 0.15) is 0 Å². The van der Waals surface area contributed by atoms with E-state index in [1.165, 1.54) is 25.7 Å². The molecule has 12 heavy (non-hydrogen) atoms. The molecule has 0 heterocycles. The lowest BCUT2D eigenvalue weighted by molar-refractivity contribution is 0.353. The Morgan fingerprint density at radius 1 is 1.33 bits per heavy atom. The number of rotatable bonds is 6. The molecule has 0 bridgehead atoms. The largest absolute Gasteiger partial charge is 0.103 e. The van der Waals surface area contributed by atoms with E-state index in [1.54, 1.807) is 0 Å². The molecule has 0 N–H and O–H groups in total. The van der Waals surface area contributed by atoms with Crippen molar-refractivity contribution >= 4 is 0 Å². The fourth-order valence-electron chi connectivity index (χ4n) is 1.40. The highest BCUT2D eigenvalue weighted by Crippen LogP contribution is 2.21. The van der Waals surface area contributed by atoms with Gasteiger partial charge in [0.25, 0.3) is 0 Å². The van der Waals surface area contributed by atoms with Gasteiger partial charge in [-0.3, -0.25) is 0 Å². The number of allylic oxidation sites excluding steroid dienone is 1. The molecule has 0 aliphatic carbocycles. The molecular formula is C12H26. The maximum absolute atomic E-state index is 3.79. The van der Waals surface area contributed by atoms with E-state index >= 15 is 0 Å². The molecule has 0 aliphatic heterocycles. The van der Waals surface area contributed by atoms with Gasteiger partial charge in [-0.05, 0) is 24.7 Å². The normalized spacial score (nSPS) is 12.3. The molecule has 0 radical (unpaired) electrons. The molecule has 0 aromatic carbocycles. The average Bonchev–Trinajstić information content (AvgIpc) is 1.97. The van der Waals surface area contributed by atoms with Crippen LogP contribution < -0.4 is 0 Å². The Morgan fingerprint density at radius 2 is 1.92 bits per heavy atom. The Morgan fingerprint density at radius 3 is 2.25 bits per heavy atom. The van der Waals surface area contributed by atoms with Crippen molar-refractivity contribution in [2.75, 3.05) is 0 Å². The van der Waals surface area contributed by atoms with Crippen molar-refractivity contribution in [1.82, 2.24) is 0 Å². The predicted molar refractivity (Wildman–Crippen MR) is 59.4 cm³/mol. The zero-order valence-corrected chi connectivity index (χ0v) is 8.27. The Balaban J connectivity index is 0. The predicted octanol–water partition coefficient (Wildman–Crippen LogP) is 4.66. The summed E-state index contributed by atoms with van der Waals surface area (Å²) in [5.74, 6) is 1.69. The minimum Gasteiger partial charge on any atom is -0.103 e. The first-order chi connectivity index (χ1) is 5.22. The van der Waals surface area contributed by atoms with Crippen LogP contribution in [0.4, 0.5) is 0 Å². The number of hydrogen-bond acceptors (Lipinski definition) is 0. The van der Waals surface area contributed by atoms with Crippen LogP contribution in [0.1, 0.15) is 53.9 Å². The summed E-state index contributed by atoms with van der Waals surface area (Å²) in [7, 11) is 0. The third-order valence-corrected chi connectivity index (χ3v) is 2.34. The van der Waals surface area contributed by atoms with Gasteiger partial charge in [-0.25, -0.2) is 0 Å². The molecule has 74 valence electrons. The maximum Gasteiger partial charge on any atom is -0.0322 e. The third kappa shape index (κ3) is 6.45.